The maximum Gasteiger partial charge on any atom is 0.338 e. The van der Waals surface area contributed by atoms with E-state index in [0.717, 1.165) is 4.90 Å². The van der Waals surface area contributed by atoms with E-state index in [0.29, 0.717) is 0 Å². The van der Waals surface area contributed by atoms with Crippen molar-refractivity contribution in [3.63, 3.8) is 0 Å². The molecule has 2 amide bonds. The molecular formula is C29H20FNO7. The van der Waals surface area contributed by atoms with Crippen molar-refractivity contribution in [2.24, 2.45) is 11.8 Å². The molecule has 3 aromatic carbocycles. The number of carbonyl (C=O) groups is 5. The molecule has 38 heavy (non-hydrogen) atoms. The summed E-state index contributed by atoms with van der Waals surface area (Å²) >= 11 is 0. The first kappa shape index (κ1) is 23.9. The molecule has 1 spiro atoms. The molecule has 2 aliphatic heterocycles. The Labute approximate surface area is 216 Å². The highest BCUT2D eigenvalue weighted by molar-refractivity contribution is 6.37. The first-order valence-corrected chi connectivity index (χ1v) is 12.1. The average molecular weight is 513 g/mol. The highest BCUT2D eigenvalue weighted by atomic mass is 19.1. The monoisotopic (exact) mass is 513 g/mol. The third kappa shape index (κ3) is 3.08. The SMILES string of the molecule is CCOC(=O)c1ccc(N2C(=O)C3C(c4ccccc4F)OC4(C(=O)c5ccccc5C4=O)C3C2=O)cc1. The third-order valence-electron chi connectivity index (χ3n) is 7.37. The van der Waals surface area contributed by atoms with Crippen LogP contribution in [-0.2, 0) is 19.1 Å². The first-order chi connectivity index (χ1) is 18.3. The second kappa shape index (κ2) is 8.53. The predicted molar refractivity (Wildman–Crippen MR) is 130 cm³/mol. The largest absolute Gasteiger partial charge is 0.462 e. The Morgan fingerprint density at radius 3 is 2.11 bits per heavy atom. The molecule has 190 valence electrons. The maximum atomic E-state index is 15.0. The summed E-state index contributed by atoms with van der Waals surface area (Å²) in [6.45, 7) is 1.84. The highest BCUT2D eigenvalue weighted by Crippen LogP contribution is 2.57. The molecule has 0 aromatic heterocycles. The molecule has 3 atom stereocenters. The number of benzene rings is 3. The van der Waals surface area contributed by atoms with E-state index >= 15 is 0 Å². The Balaban J connectivity index is 1.48. The summed E-state index contributed by atoms with van der Waals surface area (Å²) in [5, 5.41) is 0. The van der Waals surface area contributed by atoms with Crippen LogP contribution in [0.25, 0.3) is 0 Å². The van der Waals surface area contributed by atoms with E-state index in [-0.39, 0.29) is 34.5 Å². The number of nitrogens with zero attached hydrogens (tertiary/aromatic N) is 1. The number of imide groups is 1. The minimum atomic E-state index is -2.30. The van der Waals surface area contributed by atoms with Crippen molar-refractivity contribution in [3.8, 4) is 0 Å². The number of Topliss-reactive ketones (excluding diaryl/α,β-unsaturated/α-hetero) is 2. The van der Waals surface area contributed by atoms with E-state index in [1.165, 1.54) is 54.6 Å². The van der Waals surface area contributed by atoms with E-state index in [1.54, 1.807) is 25.1 Å². The van der Waals surface area contributed by atoms with Crippen LogP contribution in [0.3, 0.4) is 0 Å². The summed E-state index contributed by atoms with van der Waals surface area (Å²) in [6, 6.07) is 17.3. The molecular weight excluding hydrogens is 493 g/mol. The van der Waals surface area contributed by atoms with Gasteiger partial charge in [0.25, 0.3) is 0 Å². The van der Waals surface area contributed by atoms with Gasteiger partial charge in [0, 0.05) is 16.7 Å². The van der Waals surface area contributed by atoms with Gasteiger partial charge in [-0.3, -0.25) is 19.2 Å². The molecule has 6 rings (SSSR count). The summed E-state index contributed by atoms with van der Waals surface area (Å²) in [5.41, 5.74) is -1.80. The number of amides is 2. The maximum absolute atomic E-state index is 15.0. The third-order valence-corrected chi connectivity index (χ3v) is 7.37. The molecule has 0 N–H and O–H groups in total. The van der Waals surface area contributed by atoms with Crippen molar-refractivity contribution >= 4 is 35.0 Å². The summed E-state index contributed by atoms with van der Waals surface area (Å²) in [5.74, 6) is -7.09. The van der Waals surface area contributed by atoms with Gasteiger partial charge in [-0.1, -0.05) is 42.5 Å². The molecule has 0 bridgehead atoms. The van der Waals surface area contributed by atoms with Gasteiger partial charge in [-0.15, -0.1) is 0 Å². The van der Waals surface area contributed by atoms with Crippen LogP contribution in [0.4, 0.5) is 10.1 Å². The summed E-state index contributed by atoms with van der Waals surface area (Å²) in [6.07, 6.45) is -1.36. The second-order valence-corrected chi connectivity index (χ2v) is 9.28. The van der Waals surface area contributed by atoms with Gasteiger partial charge < -0.3 is 9.47 Å². The van der Waals surface area contributed by atoms with Gasteiger partial charge >= 0.3 is 5.97 Å². The van der Waals surface area contributed by atoms with Gasteiger partial charge in [0.1, 0.15) is 5.82 Å². The standard InChI is InChI=1S/C29H20FNO7/c1-2-37-28(36)15-11-13-16(14-12-15)31-26(34)21-22(27(31)35)29(38-23(21)19-9-5-6-10-20(19)30)24(32)17-7-3-4-8-18(17)25(29)33/h3-14,21-23H,2H2,1H3. The van der Waals surface area contributed by atoms with Gasteiger partial charge in [-0.25, -0.2) is 14.1 Å². The highest BCUT2D eigenvalue weighted by Gasteiger charge is 2.75. The Morgan fingerprint density at radius 2 is 1.50 bits per heavy atom. The van der Waals surface area contributed by atoms with Crippen molar-refractivity contribution in [1.29, 1.82) is 0 Å². The topological polar surface area (TPSA) is 107 Å². The Kier molecular flexibility index (Phi) is 5.36. The van der Waals surface area contributed by atoms with Crippen molar-refractivity contribution < 1.29 is 37.8 Å². The number of ether oxygens (including phenoxy) is 2. The fourth-order valence-corrected chi connectivity index (χ4v) is 5.72. The van der Waals surface area contributed by atoms with Crippen LogP contribution in [0, 0.1) is 17.7 Å². The van der Waals surface area contributed by atoms with E-state index in [1.807, 2.05) is 0 Å². The molecule has 2 saturated heterocycles. The molecule has 3 aromatic rings. The lowest BCUT2D eigenvalue weighted by atomic mass is 9.77. The van der Waals surface area contributed by atoms with Gasteiger partial charge in [0.2, 0.25) is 29.0 Å². The number of anilines is 1. The van der Waals surface area contributed by atoms with Gasteiger partial charge in [0.15, 0.2) is 0 Å². The van der Waals surface area contributed by atoms with Crippen LogP contribution < -0.4 is 4.90 Å². The summed E-state index contributed by atoms with van der Waals surface area (Å²) < 4.78 is 26.0. The molecule has 1 aliphatic carbocycles. The second-order valence-electron chi connectivity index (χ2n) is 9.28. The van der Waals surface area contributed by atoms with E-state index in [4.69, 9.17) is 9.47 Å². The molecule has 0 saturated carbocycles. The zero-order valence-electron chi connectivity index (χ0n) is 20.1. The predicted octanol–water partition coefficient (Wildman–Crippen LogP) is 3.70. The fourth-order valence-electron chi connectivity index (χ4n) is 5.72. The number of carbonyl (C=O) groups excluding carboxylic acids is 5. The van der Waals surface area contributed by atoms with Crippen molar-refractivity contribution in [2.45, 2.75) is 18.6 Å². The molecule has 3 unspecified atom stereocenters. The van der Waals surface area contributed by atoms with Crippen LogP contribution in [0.1, 0.15) is 49.7 Å². The lowest BCUT2D eigenvalue weighted by Gasteiger charge is -2.27. The first-order valence-electron chi connectivity index (χ1n) is 12.1. The van der Waals surface area contributed by atoms with Crippen LogP contribution in [0.15, 0.2) is 72.8 Å². The number of esters is 1. The lowest BCUT2D eigenvalue weighted by molar-refractivity contribution is -0.127. The number of hydrogen-bond acceptors (Lipinski definition) is 7. The average Bonchev–Trinajstić information content (AvgIpc) is 3.49. The number of rotatable bonds is 4. The molecule has 0 radical (unpaired) electrons. The smallest absolute Gasteiger partial charge is 0.338 e. The van der Waals surface area contributed by atoms with E-state index in [2.05, 4.69) is 0 Å². The van der Waals surface area contributed by atoms with Gasteiger partial charge in [0.05, 0.1) is 35.8 Å². The normalized spacial score (nSPS) is 23.2. The van der Waals surface area contributed by atoms with Crippen molar-refractivity contribution in [1.82, 2.24) is 0 Å². The number of ketones is 2. The minimum absolute atomic E-state index is 0.0309. The summed E-state index contributed by atoms with van der Waals surface area (Å²) in [7, 11) is 0. The molecule has 9 heteroatoms. The van der Waals surface area contributed by atoms with Gasteiger partial charge in [-0.2, -0.15) is 0 Å². The van der Waals surface area contributed by atoms with Gasteiger partial charge in [-0.05, 0) is 37.3 Å². The number of halogens is 1. The quantitative estimate of drug-likeness (QED) is 0.298. The lowest BCUT2D eigenvalue weighted by Crippen LogP contribution is -2.51. The van der Waals surface area contributed by atoms with Crippen LogP contribution in [0.2, 0.25) is 0 Å². The Hall–Kier alpha value is -4.50. The minimum Gasteiger partial charge on any atom is -0.462 e. The number of hydrogen-bond donors (Lipinski definition) is 0. The van der Waals surface area contributed by atoms with E-state index < -0.39 is 58.7 Å². The van der Waals surface area contributed by atoms with E-state index in [9.17, 15) is 28.4 Å². The summed E-state index contributed by atoms with van der Waals surface area (Å²) in [4.78, 5) is 68.2. The van der Waals surface area contributed by atoms with Crippen molar-refractivity contribution in [2.75, 3.05) is 11.5 Å². The fraction of sp³-hybridized carbons (Fsp3) is 0.207. The van der Waals surface area contributed by atoms with Crippen LogP contribution >= 0.6 is 0 Å². The Morgan fingerprint density at radius 1 is 0.895 bits per heavy atom. The van der Waals surface area contributed by atoms with Crippen LogP contribution in [-0.4, -0.2) is 41.6 Å². The molecule has 2 fully saturated rings. The molecule has 2 heterocycles. The zero-order valence-corrected chi connectivity index (χ0v) is 20.1. The van der Waals surface area contributed by atoms with Crippen LogP contribution in [0.5, 0.6) is 0 Å². The molecule has 3 aliphatic rings. The Bertz CT molecular complexity index is 1510. The molecule has 8 nitrogen and oxygen atoms in total. The zero-order chi connectivity index (χ0) is 26.8. The van der Waals surface area contributed by atoms with Crippen molar-refractivity contribution in [3.05, 3.63) is 101 Å². The number of fused-ring (bicyclic) bond motifs is 3.